The molecule has 0 aromatic carbocycles. The fraction of sp³-hybridized carbons (Fsp3) is 0.694. The number of carbonyl (C=O) groups is 3. The molecule has 0 saturated carbocycles. The molecule has 2 atom stereocenters. The molecule has 0 bridgehead atoms. The molecule has 0 aliphatic carbocycles. The van der Waals surface area contributed by atoms with Gasteiger partial charge in [-0.1, -0.05) is 227 Å². The molecule has 9 nitrogen and oxygen atoms in total. The molecule has 0 aromatic rings. The van der Waals surface area contributed by atoms with Crippen molar-refractivity contribution >= 4 is 17.9 Å². The number of aliphatic carboxylic acids is 1. The first-order valence-corrected chi connectivity index (χ1v) is 28.4. The van der Waals surface area contributed by atoms with Gasteiger partial charge in [0.15, 0.2) is 6.10 Å². The van der Waals surface area contributed by atoms with Crippen LogP contribution in [0.2, 0.25) is 0 Å². The third kappa shape index (κ3) is 53.8. The molecule has 0 radical (unpaired) electrons. The molecule has 0 aliphatic rings. The summed E-state index contributed by atoms with van der Waals surface area (Å²) in [5, 5.41) is 9.68. The standard InChI is InChI=1S/C62H105NO8/c1-6-8-10-12-14-16-18-20-21-22-23-24-25-26-27-28-29-30-31-32-33-34-35-36-37-38-39-41-43-45-47-49-51-53-60(65)71-58(57-70-62(61(66)67)68-55-54-63(3,4)5)56-69-59(64)52-50-48-46-44-42-40-19-17-15-13-11-9-7-2/h8,10,14,16,20-21,23-24,26-27,29-30,32-33,35-36,58,62H,6-7,9,11-13,15,17-19,22,25,28,31,34,37-57H2,1-5H3/p+1/b10-8-,16-14-,21-20-,24-23-,27-26-,30-29-,33-32-,36-35-. The van der Waals surface area contributed by atoms with Crippen LogP contribution in [-0.4, -0.2) is 87.4 Å². The fourth-order valence-electron chi connectivity index (χ4n) is 7.50. The quantitative estimate of drug-likeness (QED) is 0.0211. The second kappa shape index (κ2) is 52.5. The smallest absolute Gasteiger partial charge is 0.361 e. The molecule has 0 amide bonds. The maximum atomic E-state index is 12.9. The maximum Gasteiger partial charge on any atom is 0.361 e. The summed E-state index contributed by atoms with van der Waals surface area (Å²) in [6, 6.07) is 0. The van der Waals surface area contributed by atoms with Crippen molar-refractivity contribution in [2.45, 2.75) is 232 Å². The molecule has 0 spiro atoms. The van der Waals surface area contributed by atoms with E-state index in [9.17, 15) is 19.5 Å². The number of quaternary nitrogens is 1. The number of carbonyl (C=O) groups excluding carboxylic acids is 2. The summed E-state index contributed by atoms with van der Waals surface area (Å²) < 4.78 is 22.8. The summed E-state index contributed by atoms with van der Waals surface area (Å²) in [4.78, 5) is 37.3. The maximum absolute atomic E-state index is 12.9. The van der Waals surface area contributed by atoms with Crippen molar-refractivity contribution in [1.29, 1.82) is 0 Å². The van der Waals surface area contributed by atoms with Crippen LogP contribution in [0.3, 0.4) is 0 Å². The zero-order valence-corrected chi connectivity index (χ0v) is 46.1. The number of allylic oxidation sites excluding steroid dienone is 16. The van der Waals surface area contributed by atoms with Crippen LogP contribution in [0.5, 0.6) is 0 Å². The van der Waals surface area contributed by atoms with E-state index in [1.807, 2.05) is 21.1 Å². The van der Waals surface area contributed by atoms with E-state index in [2.05, 4.69) is 111 Å². The number of likely N-dealkylation sites (N-methyl/N-ethyl adjacent to an activating group) is 1. The van der Waals surface area contributed by atoms with Crippen molar-refractivity contribution in [2.75, 3.05) is 47.5 Å². The molecule has 0 saturated heterocycles. The first kappa shape index (κ1) is 67.2. The number of esters is 2. The second-order valence-electron chi connectivity index (χ2n) is 19.9. The molecule has 0 aromatic heterocycles. The summed E-state index contributed by atoms with van der Waals surface area (Å²) in [6.07, 6.45) is 67.7. The Labute approximate surface area is 435 Å². The highest BCUT2D eigenvalue weighted by Gasteiger charge is 2.25. The number of unbranched alkanes of at least 4 members (excludes halogenated alkanes) is 20. The lowest BCUT2D eigenvalue weighted by Gasteiger charge is -2.25. The summed E-state index contributed by atoms with van der Waals surface area (Å²) in [5.74, 6) is -2.02. The number of carboxylic acids is 1. The molecule has 0 rings (SSSR count). The molecule has 406 valence electrons. The summed E-state index contributed by atoms with van der Waals surface area (Å²) in [7, 11) is 5.96. The number of nitrogens with zero attached hydrogens (tertiary/aromatic N) is 1. The van der Waals surface area contributed by atoms with Gasteiger partial charge in [0.2, 0.25) is 0 Å². The van der Waals surface area contributed by atoms with Crippen molar-refractivity contribution in [3.05, 3.63) is 97.2 Å². The highest BCUT2D eigenvalue weighted by Crippen LogP contribution is 2.15. The van der Waals surface area contributed by atoms with Crippen molar-refractivity contribution in [3.63, 3.8) is 0 Å². The van der Waals surface area contributed by atoms with Crippen molar-refractivity contribution < 1.29 is 42.9 Å². The molecular formula is C62H106NO8+. The van der Waals surface area contributed by atoms with Crippen LogP contribution < -0.4 is 0 Å². The molecule has 2 unspecified atom stereocenters. The van der Waals surface area contributed by atoms with Gasteiger partial charge < -0.3 is 28.5 Å². The largest absolute Gasteiger partial charge is 0.477 e. The van der Waals surface area contributed by atoms with E-state index in [1.165, 1.54) is 89.9 Å². The normalized spacial score (nSPS) is 13.5. The first-order chi connectivity index (χ1) is 34.6. The fourth-order valence-corrected chi connectivity index (χ4v) is 7.50. The molecular weight excluding hydrogens is 887 g/mol. The zero-order chi connectivity index (χ0) is 52.0. The van der Waals surface area contributed by atoms with Gasteiger partial charge in [-0.2, -0.15) is 0 Å². The third-order valence-electron chi connectivity index (χ3n) is 11.9. The van der Waals surface area contributed by atoms with E-state index in [-0.39, 0.29) is 32.2 Å². The Morgan fingerprint density at radius 2 is 0.803 bits per heavy atom. The highest BCUT2D eigenvalue weighted by molar-refractivity contribution is 5.71. The van der Waals surface area contributed by atoms with E-state index in [0.717, 1.165) is 96.3 Å². The van der Waals surface area contributed by atoms with Gasteiger partial charge in [-0.05, 0) is 77.0 Å². The monoisotopic (exact) mass is 993 g/mol. The zero-order valence-electron chi connectivity index (χ0n) is 46.1. The van der Waals surface area contributed by atoms with Gasteiger partial charge in [-0.25, -0.2) is 4.79 Å². The number of hydrogen-bond acceptors (Lipinski definition) is 7. The average molecular weight is 994 g/mol. The van der Waals surface area contributed by atoms with Crippen LogP contribution in [0.15, 0.2) is 97.2 Å². The van der Waals surface area contributed by atoms with Crippen LogP contribution in [-0.2, 0) is 33.3 Å². The molecule has 0 heterocycles. The number of ether oxygens (including phenoxy) is 4. The Bertz CT molecular complexity index is 1480. The Balaban J connectivity index is 4.23. The van der Waals surface area contributed by atoms with Gasteiger partial charge in [0.25, 0.3) is 6.29 Å². The van der Waals surface area contributed by atoms with Crippen molar-refractivity contribution in [1.82, 2.24) is 0 Å². The van der Waals surface area contributed by atoms with Gasteiger partial charge in [0.1, 0.15) is 13.2 Å². The van der Waals surface area contributed by atoms with Gasteiger partial charge in [0.05, 0.1) is 34.4 Å². The lowest BCUT2D eigenvalue weighted by molar-refractivity contribution is -0.870. The van der Waals surface area contributed by atoms with E-state index in [4.69, 9.17) is 18.9 Å². The number of hydrogen-bond donors (Lipinski definition) is 1. The lowest BCUT2D eigenvalue weighted by Crippen LogP contribution is -2.40. The lowest BCUT2D eigenvalue weighted by atomic mass is 10.0. The molecule has 0 fully saturated rings. The first-order valence-electron chi connectivity index (χ1n) is 28.4. The van der Waals surface area contributed by atoms with Crippen LogP contribution in [0, 0.1) is 0 Å². The molecule has 71 heavy (non-hydrogen) atoms. The van der Waals surface area contributed by atoms with E-state index in [1.54, 1.807) is 0 Å². The van der Waals surface area contributed by atoms with E-state index >= 15 is 0 Å². The third-order valence-corrected chi connectivity index (χ3v) is 11.9. The highest BCUT2D eigenvalue weighted by atomic mass is 16.7. The summed E-state index contributed by atoms with van der Waals surface area (Å²) >= 11 is 0. The van der Waals surface area contributed by atoms with Gasteiger partial charge >= 0.3 is 17.9 Å². The molecule has 0 aliphatic heterocycles. The van der Waals surface area contributed by atoms with Gasteiger partial charge in [-0.3, -0.25) is 9.59 Å². The van der Waals surface area contributed by atoms with Crippen LogP contribution in [0.4, 0.5) is 0 Å². The SMILES string of the molecule is CC/C=C\C/C=C\C/C=C\C/C=C\C/C=C\C/C=C\C/C=C\C/C=C\CCCCCCCCCCC(=O)OC(COC(=O)CCCCCCCCCCCCCCC)COC(OCC[N+](C)(C)C)C(=O)O. The summed E-state index contributed by atoms with van der Waals surface area (Å²) in [6.45, 7) is 4.74. The van der Waals surface area contributed by atoms with Crippen molar-refractivity contribution in [3.8, 4) is 0 Å². The predicted molar refractivity (Wildman–Crippen MR) is 299 cm³/mol. The molecule has 9 heteroatoms. The minimum Gasteiger partial charge on any atom is -0.477 e. The van der Waals surface area contributed by atoms with Gasteiger partial charge in [-0.15, -0.1) is 0 Å². The Hall–Kier alpha value is -3.79. The van der Waals surface area contributed by atoms with Crippen LogP contribution >= 0.6 is 0 Å². The predicted octanol–water partition coefficient (Wildman–Crippen LogP) is 16.6. The molecule has 1 N–H and O–H groups in total. The number of rotatable bonds is 51. The summed E-state index contributed by atoms with van der Waals surface area (Å²) in [5.41, 5.74) is 0. The Morgan fingerprint density at radius 1 is 0.437 bits per heavy atom. The minimum absolute atomic E-state index is 0.183. The minimum atomic E-state index is -1.52. The Morgan fingerprint density at radius 3 is 1.20 bits per heavy atom. The Kier molecular flexibility index (Phi) is 49.7. The van der Waals surface area contributed by atoms with Gasteiger partial charge in [0, 0.05) is 12.8 Å². The van der Waals surface area contributed by atoms with Crippen LogP contribution in [0.1, 0.15) is 219 Å². The van der Waals surface area contributed by atoms with E-state index < -0.39 is 24.3 Å². The van der Waals surface area contributed by atoms with E-state index in [0.29, 0.717) is 23.9 Å². The van der Waals surface area contributed by atoms with Crippen LogP contribution in [0.25, 0.3) is 0 Å². The van der Waals surface area contributed by atoms with Crippen molar-refractivity contribution in [2.24, 2.45) is 0 Å². The number of carboxylic acid groups (broad SMARTS) is 1. The average Bonchev–Trinajstić information content (AvgIpc) is 3.34. The second-order valence-corrected chi connectivity index (χ2v) is 19.9. The topological polar surface area (TPSA) is 108 Å².